The first kappa shape index (κ1) is 19.9. The first-order chi connectivity index (χ1) is 14.1. The molecule has 0 radical (unpaired) electrons. The molecule has 4 rings (SSSR count). The van der Waals surface area contributed by atoms with Gasteiger partial charge in [0, 0.05) is 13.5 Å². The molecule has 2 N–H and O–H groups in total. The van der Waals surface area contributed by atoms with Gasteiger partial charge in [-0.3, -0.25) is 24.0 Å². The monoisotopic (exact) mass is 398 g/mol. The Kier molecular flexibility index (Phi) is 5.85. The zero-order valence-electron chi connectivity index (χ0n) is 17.1. The number of rotatable bonds is 6. The quantitative estimate of drug-likeness (QED) is 0.576. The van der Waals surface area contributed by atoms with Gasteiger partial charge in [-0.25, -0.2) is 4.79 Å². The second-order valence-corrected chi connectivity index (χ2v) is 8.40. The van der Waals surface area contributed by atoms with Crippen LogP contribution in [0, 0.1) is 5.92 Å². The van der Waals surface area contributed by atoms with Crippen molar-refractivity contribution in [1.29, 1.82) is 0 Å². The Bertz CT molecular complexity index is 968. The van der Waals surface area contributed by atoms with Gasteiger partial charge in [-0.1, -0.05) is 25.0 Å². The Labute approximate surface area is 170 Å². The number of imidazole rings is 1. The summed E-state index contributed by atoms with van der Waals surface area (Å²) in [6, 6.07) is 5.32. The molecule has 2 aliphatic heterocycles. The van der Waals surface area contributed by atoms with Crippen LogP contribution in [0.4, 0.5) is 0 Å². The summed E-state index contributed by atoms with van der Waals surface area (Å²) < 4.78 is 3.22. The minimum atomic E-state index is -0.626. The third-order valence-electron chi connectivity index (χ3n) is 6.48. The standard InChI is InChI=1S/C22H30N4O3/c1-25-20-16(6-3-2-5-15-11-13-23-14-12-15)7-4-8-17(20)26(22(25)29)18-9-10-19(27)24-21(18)28/h4,7-8,15,18,23H,2-3,5-6,9-14H2,1H3,(H,24,27,28). The summed E-state index contributed by atoms with van der Waals surface area (Å²) in [4.78, 5) is 36.8. The van der Waals surface area contributed by atoms with E-state index in [1.54, 1.807) is 16.2 Å². The lowest BCUT2D eigenvalue weighted by Crippen LogP contribution is -2.44. The van der Waals surface area contributed by atoms with Gasteiger partial charge in [-0.05, 0) is 62.7 Å². The Morgan fingerprint density at radius 1 is 1.07 bits per heavy atom. The molecule has 3 heterocycles. The van der Waals surface area contributed by atoms with Gasteiger partial charge < -0.3 is 5.32 Å². The molecule has 0 spiro atoms. The van der Waals surface area contributed by atoms with E-state index in [0.717, 1.165) is 48.4 Å². The van der Waals surface area contributed by atoms with Gasteiger partial charge in [0.05, 0.1) is 11.0 Å². The van der Waals surface area contributed by atoms with Crippen molar-refractivity contribution in [2.24, 2.45) is 13.0 Å². The van der Waals surface area contributed by atoms with Crippen LogP contribution in [0.1, 0.15) is 56.6 Å². The molecule has 7 nitrogen and oxygen atoms in total. The van der Waals surface area contributed by atoms with Crippen LogP contribution in [-0.4, -0.2) is 34.0 Å². The number of amides is 2. The van der Waals surface area contributed by atoms with Crippen molar-refractivity contribution < 1.29 is 9.59 Å². The van der Waals surface area contributed by atoms with Crippen molar-refractivity contribution in [2.75, 3.05) is 13.1 Å². The Morgan fingerprint density at radius 3 is 2.62 bits per heavy atom. The molecule has 156 valence electrons. The van der Waals surface area contributed by atoms with E-state index < -0.39 is 6.04 Å². The number of unbranched alkanes of at least 4 members (excludes halogenated alkanes) is 1. The molecule has 2 aliphatic rings. The van der Waals surface area contributed by atoms with Gasteiger partial charge in [-0.15, -0.1) is 0 Å². The average Bonchev–Trinajstić information content (AvgIpc) is 2.98. The number of carbonyl (C=O) groups is 2. The fourth-order valence-corrected chi connectivity index (χ4v) is 4.87. The molecule has 29 heavy (non-hydrogen) atoms. The molecular weight excluding hydrogens is 368 g/mol. The minimum Gasteiger partial charge on any atom is -0.317 e. The third kappa shape index (κ3) is 4.01. The number of imide groups is 1. The number of nitrogens with one attached hydrogen (secondary N) is 2. The summed E-state index contributed by atoms with van der Waals surface area (Å²) in [7, 11) is 1.77. The maximum absolute atomic E-state index is 13.0. The zero-order valence-corrected chi connectivity index (χ0v) is 17.1. The summed E-state index contributed by atoms with van der Waals surface area (Å²) in [6.07, 6.45) is 7.67. The first-order valence-corrected chi connectivity index (χ1v) is 10.8. The van der Waals surface area contributed by atoms with Crippen LogP contribution in [-0.2, 0) is 23.1 Å². The highest BCUT2D eigenvalue weighted by atomic mass is 16.2. The summed E-state index contributed by atoms with van der Waals surface area (Å²) in [5.41, 5.74) is 2.64. The molecule has 2 fully saturated rings. The average molecular weight is 399 g/mol. The van der Waals surface area contributed by atoms with Gasteiger partial charge in [0.15, 0.2) is 0 Å². The van der Waals surface area contributed by atoms with Crippen molar-refractivity contribution in [3.8, 4) is 0 Å². The largest absolute Gasteiger partial charge is 0.329 e. The van der Waals surface area contributed by atoms with E-state index in [-0.39, 0.29) is 23.9 Å². The molecule has 1 aromatic carbocycles. The highest BCUT2D eigenvalue weighted by Gasteiger charge is 2.31. The highest BCUT2D eigenvalue weighted by molar-refractivity contribution is 6.00. The van der Waals surface area contributed by atoms with Crippen LogP contribution in [0.15, 0.2) is 23.0 Å². The number of hydrogen-bond acceptors (Lipinski definition) is 4. The lowest BCUT2D eigenvalue weighted by molar-refractivity contribution is -0.135. The summed E-state index contributed by atoms with van der Waals surface area (Å²) in [5, 5.41) is 5.78. The van der Waals surface area contributed by atoms with E-state index in [9.17, 15) is 14.4 Å². The van der Waals surface area contributed by atoms with Crippen molar-refractivity contribution in [3.05, 3.63) is 34.2 Å². The van der Waals surface area contributed by atoms with Crippen LogP contribution < -0.4 is 16.3 Å². The van der Waals surface area contributed by atoms with Crippen LogP contribution in [0.25, 0.3) is 11.0 Å². The Hall–Kier alpha value is -2.41. The summed E-state index contributed by atoms with van der Waals surface area (Å²) >= 11 is 0. The maximum Gasteiger partial charge on any atom is 0.329 e. The van der Waals surface area contributed by atoms with E-state index in [2.05, 4.69) is 16.7 Å². The molecule has 0 saturated carbocycles. The molecule has 7 heteroatoms. The topological polar surface area (TPSA) is 85.1 Å². The van der Waals surface area contributed by atoms with Crippen LogP contribution in [0.5, 0.6) is 0 Å². The van der Waals surface area contributed by atoms with Crippen molar-refractivity contribution in [2.45, 2.75) is 57.4 Å². The molecule has 1 aromatic heterocycles. The predicted octanol–water partition coefficient (Wildman–Crippen LogP) is 2.03. The molecule has 1 unspecified atom stereocenters. The molecule has 0 bridgehead atoms. The fourth-order valence-electron chi connectivity index (χ4n) is 4.87. The summed E-state index contributed by atoms with van der Waals surface area (Å²) in [6.45, 7) is 2.28. The number of fused-ring (bicyclic) bond motifs is 1. The second-order valence-electron chi connectivity index (χ2n) is 8.40. The van der Waals surface area contributed by atoms with Crippen molar-refractivity contribution in [1.82, 2.24) is 19.8 Å². The highest BCUT2D eigenvalue weighted by Crippen LogP contribution is 2.26. The van der Waals surface area contributed by atoms with Gasteiger partial charge in [0.25, 0.3) is 0 Å². The Morgan fingerprint density at radius 2 is 1.86 bits per heavy atom. The SMILES string of the molecule is Cn1c(=O)n(C2CCC(=O)NC2=O)c2cccc(CCCCC3CCNCC3)c21. The van der Waals surface area contributed by atoms with E-state index in [1.807, 2.05) is 12.1 Å². The normalized spacial score (nSPS) is 20.9. The fraction of sp³-hybridized carbons (Fsp3) is 0.591. The van der Waals surface area contributed by atoms with Crippen LogP contribution in [0.3, 0.4) is 0 Å². The number of aryl methyl sites for hydroxylation is 2. The number of aromatic nitrogens is 2. The van der Waals surface area contributed by atoms with Gasteiger partial charge in [-0.2, -0.15) is 0 Å². The second kappa shape index (κ2) is 8.53. The molecule has 2 saturated heterocycles. The Balaban J connectivity index is 1.53. The number of benzene rings is 1. The van der Waals surface area contributed by atoms with Crippen LogP contribution in [0.2, 0.25) is 0 Å². The lowest BCUT2D eigenvalue weighted by Gasteiger charge is -2.22. The molecule has 2 aromatic rings. The number of nitrogens with zero attached hydrogens (tertiary/aromatic N) is 2. The van der Waals surface area contributed by atoms with Gasteiger partial charge in [0.1, 0.15) is 6.04 Å². The maximum atomic E-state index is 13.0. The number of carbonyl (C=O) groups excluding carboxylic acids is 2. The van der Waals surface area contributed by atoms with Gasteiger partial charge >= 0.3 is 5.69 Å². The zero-order chi connectivity index (χ0) is 20.4. The van der Waals surface area contributed by atoms with Crippen LogP contribution >= 0.6 is 0 Å². The van der Waals surface area contributed by atoms with E-state index in [4.69, 9.17) is 0 Å². The van der Waals surface area contributed by atoms with E-state index >= 15 is 0 Å². The number of hydrogen-bond donors (Lipinski definition) is 2. The van der Waals surface area contributed by atoms with E-state index in [0.29, 0.717) is 6.42 Å². The van der Waals surface area contributed by atoms with Crippen molar-refractivity contribution >= 4 is 22.8 Å². The van der Waals surface area contributed by atoms with Gasteiger partial charge in [0.2, 0.25) is 11.8 Å². The van der Waals surface area contributed by atoms with E-state index in [1.165, 1.54) is 25.7 Å². The number of piperidine rings is 2. The predicted molar refractivity (Wildman–Crippen MR) is 112 cm³/mol. The van der Waals surface area contributed by atoms with Crippen molar-refractivity contribution in [3.63, 3.8) is 0 Å². The lowest BCUT2D eigenvalue weighted by atomic mass is 9.91. The number of para-hydroxylation sites is 1. The molecular formula is C22H30N4O3. The smallest absolute Gasteiger partial charge is 0.317 e. The summed E-state index contributed by atoms with van der Waals surface area (Å²) in [5.74, 6) is 0.183. The first-order valence-electron chi connectivity index (χ1n) is 10.8. The minimum absolute atomic E-state index is 0.198. The molecule has 0 aliphatic carbocycles. The third-order valence-corrected chi connectivity index (χ3v) is 6.48. The molecule has 1 atom stereocenters. The molecule has 2 amide bonds.